The molecule has 0 saturated carbocycles. The van der Waals surface area contributed by atoms with Gasteiger partial charge >= 0.3 is 7.60 Å². The second-order valence-electron chi connectivity index (χ2n) is 3.33. The Morgan fingerprint density at radius 3 is 2.69 bits per heavy atom. The number of aromatic nitrogens is 2. The molecule has 7 nitrogen and oxygen atoms in total. The normalized spacial score (nSPS) is 13.5. The van der Waals surface area contributed by atoms with Crippen molar-refractivity contribution in [1.82, 2.24) is 9.97 Å². The van der Waals surface area contributed by atoms with E-state index in [9.17, 15) is 9.36 Å². The Morgan fingerprint density at radius 2 is 2.19 bits per heavy atom. The fraction of sp³-hybridized carbons (Fsp3) is 0.375. The molecule has 0 aliphatic heterocycles. The Morgan fingerprint density at radius 1 is 1.56 bits per heavy atom. The number of ketones is 1. The summed E-state index contributed by atoms with van der Waals surface area (Å²) >= 11 is 0. The predicted molar refractivity (Wildman–Crippen MR) is 56.1 cm³/mol. The topological polar surface area (TPSA) is 126 Å². The first-order valence-corrected chi connectivity index (χ1v) is 6.05. The molecular formula is C8H12N3O4P. The van der Waals surface area contributed by atoms with E-state index in [1.54, 1.807) is 0 Å². The molecule has 0 radical (unpaired) electrons. The number of hydrogen-bond donors (Lipinski definition) is 3. The summed E-state index contributed by atoms with van der Waals surface area (Å²) in [5, 5.41) is 0. The molecule has 0 saturated heterocycles. The highest BCUT2D eigenvalue weighted by atomic mass is 31.2. The number of carbonyl (C=O) groups is 1. The van der Waals surface area contributed by atoms with Crippen LogP contribution >= 0.6 is 7.60 Å². The number of nitrogens with two attached hydrogens (primary N) is 1. The first kappa shape index (κ1) is 12.9. The molecule has 1 aromatic rings. The summed E-state index contributed by atoms with van der Waals surface area (Å²) in [5.74, 6) is -0.219. The van der Waals surface area contributed by atoms with E-state index in [-0.39, 0.29) is 17.9 Å². The van der Waals surface area contributed by atoms with Crippen LogP contribution in [0.25, 0.3) is 0 Å². The third-order valence-electron chi connectivity index (χ3n) is 1.92. The monoisotopic (exact) mass is 245 g/mol. The van der Waals surface area contributed by atoms with Crippen molar-refractivity contribution < 1.29 is 19.1 Å². The van der Waals surface area contributed by atoms with Gasteiger partial charge in [0.25, 0.3) is 0 Å². The van der Waals surface area contributed by atoms with Crippen molar-refractivity contribution in [1.29, 1.82) is 0 Å². The number of Topliss-reactive ketones (excluding diaryl/α,β-unsaturated/α-hetero) is 1. The average molecular weight is 245 g/mol. The van der Waals surface area contributed by atoms with E-state index in [2.05, 4.69) is 9.97 Å². The van der Waals surface area contributed by atoms with Crippen LogP contribution in [0.4, 0.5) is 0 Å². The molecule has 0 fully saturated rings. The number of carbonyl (C=O) groups excluding carboxylic acids is 1. The maximum Gasteiger partial charge on any atom is 0.376 e. The van der Waals surface area contributed by atoms with E-state index in [0.29, 0.717) is 0 Å². The standard InChI is InChI=1S/C8H12N3O4P/c1-5(12)7(9)2-6-3-10-4-8(11-6)16(13,14)15/h3-4,7H,2,9H2,1H3,(H2,13,14,15)/t7-/m0/s1. The van der Waals surface area contributed by atoms with Crippen molar-refractivity contribution in [3.8, 4) is 0 Å². The van der Waals surface area contributed by atoms with Gasteiger partial charge in [-0.05, 0) is 6.92 Å². The molecule has 0 spiro atoms. The quantitative estimate of drug-likeness (QED) is 0.565. The average Bonchev–Trinajstić information content (AvgIpc) is 2.16. The van der Waals surface area contributed by atoms with Crippen molar-refractivity contribution in [2.75, 3.05) is 0 Å². The zero-order chi connectivity index (χ0) is 12.3. The number of nitrogens with zero attached hydrogens (tertiary/aromatic N) is 2. The maximum absolute atomic E-state index is 10.9. The summed E-state index contributed by atoms with van der Waals surface area (Å²) in [6.45, 7) is 1.34. The molecular weight excluding hydrogens is 233 g/mol. The number of hydrogen-bond acceptors (Lipinski definition) is 5. The van der Waals surface area contributed by atoms with Gasteiger partial charge in [-0.3, -0.25) is 14.3 Å². The third kappa shape index (κ3) is 3.46. The Hall–Kier alpha value is -1.14. The second-order valence-corrected chi connectivity index (χ2v) is 4.88. The highest BCUT2D eigenvalue weighted by Crippen LogP contribution is 2.31. The molecule has 0 aliphatic rings. The van der Waals surface area contributed by atoms with Gasteiger partial charge in [-0.25, -0.2) is 4.98 Å². The van der Waals surface area contributed by atoms with Gasteiger partial charge in [-0.15, -0.1) is 0 Å². The van der Waals surface area contributed by atoms with Crippen molar-refractivity contribution in [3.63, 3.8) is 0 Å². The second kappa shape index (κ2) is 4.80. The first-order chi connectivity index (χ1) is 7.30. The molecule has 8 heteroatoms. The van der Waals surface area contributed by atoms with Gasteiger partial charge in [-0.1, -0.05) is 0 Å². The minimum absolute atomic E-state index is 0.107. The van der Waals surface area contributed by atoms with Gasteiger partial charge in [-0.2, -0.15) is 0 Å². The van der Waals surface area contributed by atoms with Crippen molar-refractivity contribution in [2.24, 2.45) is 5.73 Å². The van der Waals surface area contributed by atoms with Crippen LogP contribution in [-0.2, 0) is 15.8 Å². The molecule has 0 amide bonds. The summed E-state index contributed by atoms with van der Waals surface area (Å²) in [6, 6.07) is -0.735. The molecule has 4 N–H and O–H groups in total. The van der Waals surface area contributed by atoms with E-state index in [1.807, 2.05) is 0 Å². The molecule has 0 aliphatic carbocycles. The van der Waals surface area contributed by atoms with Crippen LogP contribution in [-0.4, -0.2) is 31.6 Å². The van der Waals surface area contributed by atoms with Crippen LogP contribution in [0.15, 0.2) is 12.4 Å². The minimum atomic E-state index is -4.41. The Balaban J connectivity index is 2.92. The Labute approximate surface area is 91.9 Å². The largest absolute Gasteiger partial charge is 0.376 e. The third-order valence-corrected chi connectivity index (χ3v) is 2.73. The van der Waals surface area contributed by atoms with Crippen LogP contribution in [0.1, 0.15) is 12.6 Å². The zero-order valence-corrected chi connectivity index (χ0v) is 9.46. The van der Waals surface area contributed by atoms with Crippen LogP contribution in [0.5, 0.6) is 0 Å². The fourth-order valence-electron chi connectivity index (χ4n) is 1.00. The van der Waals surface area contributed by atoms with E-state index >= 15 is 0 Å². The molecule has 1 heterocycles. The van der Waals surface area contributed by atoms with Crippen molar-refractivity contribution >= 4 is 18.8 Å². The highest BCUT2D eigenvalue weighted by Gasteiger charge is 2.20. The summed E-state index contributed by atoms with van der Waals surface area (Å²) in [4.78, 5) is 36.0. The highest BCUT2D eigenvalue weighted by molar-refractivity contribution is 7.59. The molecule has 0 aromatic carbocycles. The predicted octanol–water partition coefficient (Wildman–Crippen LogP) is -1.26. The Bertz CT molecular complexity index is 445. The minimum Gasteiger partial charge on any atom is -0.321 e. The zero-order valence-electron chi connectivity index (χ0n) is 8.57. The van der Waals surface area contributed by atoms with Gasteiger partial charge in [0.05, 0.1) is 17.9 Å². The molecule has 16 heavy (non-hydrogen) atoms. The fourth-order valence-corrected chi connectivity index (χ4v) is 1.48. The van der Waals surface area contributed by atoms with Crippen molar-refractivity contribution in [2.45, 2.75) is 19.4 Å². The van der Waals surface area contributed by atoms with Crippen LogP contribution in [0.2, 0.25) is 0 Å². The lowest BCUT2D eigenvalue weighted by atomic mass is 10.1. The van der Waals surface area contributed by atoms with E-state index in [0.717, 1.165) is 6.20 Å². The summed E-state index contributed by atoms with van der Waals surface area (Å²) in [7, 11) is -4.41. The van der Waals surface area contributed by atoms with Gasteiger partial charge in [0.1, 0.15) is 5.78 Å². The van der Waals surface area contributed by atoms with E-state index in [4.69, 9.17) is 15.5 Å². The van der Waals surface area contributed by atoms with Gasteiger partial charge < -0.3 is 15.5 Å². The van der Waals surface area contributed by atoms with Gasteiger partial charge in [0.2, 0.25) is 0 Å². The summed E-state index contributed by atoms with van der Waals surface area (Å²) < 4.78 is 10.9. The molecule has 88 valence electrons. The summed E-state index contributed by atoms with van der Waals surface area (Å²) in [5.41, 5.74) is 5.36. The van der Waals surface area contributed by atoms with Crippen molar-refractivity contribution in [3.05, 3.63) is 18.1 Å². The smallest absolute Gasteiger partial charge is 0.321 e. The molecule has 1 atom stereocenters. The lowest BCUT2D eigenvalue weighted by molar-refractivity contribution is -0.118. The lowest BCUT2D eigenvalue weighted by Crippen LogP contribution is -2.31. The SMILES string of the molecule is CC(=O)[C@@H](N)Cc1cncc(P(=O)(O)O)n1. The molecule has 1 rings (SSSR count). The van der Waals surface area contributed by atoms with Crippen LogP contribution in [0, 0.1) is 0 Å². The van der Waals surface area contributed by atoms with Crippen LogP contribution in [0.3, 0.4) is 0 Å². The lowest BCUT2D eigenvalue weighted by Gasteiger charge is -2.08. The number of rotatable bonds is 4. The van der Waals surface area contributed by atoms with E-state index < -0.39 is 19.1 Å². The maximum atomic E-state index is 10.9. The summed E-state index contributed by atoms with van der Waals surface area (Å²) in [6.07, 6.45) is 2.42. The van der Waals surface area contributed by atoms with Gasteiger partial charge in [0.15, 0.2) is 5.44 Å². The molecule has 1 aromatic heterocycles. The molecule has 0 unspecified atom stereocenters. The first-order valence-electron chi connectivity index (χ1n) is 4.44. The van der Waals surface area contributed by atoms with Crippen LogP contribution < -0.4 is 11.2 Å². The van der Waals surface area contributed by atoms with Gasteiger partial charge in [0, 0.05) is 12.6 Å². The van der Waals surface area contributed by atoms with E-state index in [1.165, 1.54) is 13.1 Å². The Kier molecular flexibility index (Phi) is 3.88. The molecule has 0 bridgehead atoms.